The fourth-order valence-electron chi connectivity index (χ4n) is 3.08. The van der Waals surface area contributed by atoms with Gasteiger partial charge in [0.2, 0.25) is 11.8 Å². The lowest BCUT2D eigenvalue weighted by atomic mass is 10.0. The predicted molar refractivity (Wildman–Crippen MR) is 67.5 cm³/mol. The van der Waals surface area contributed by atoms with Crippen LogP contribution in [0.2, 0.25) is 0 Å². The number of rotatable bonds is 2. The second-order valence-corrected chi connectivity index (χ2v) is 5.85. The van der Waals surface area contributed by atoms with Crippen molar-refractivity contribution in [2.75, 3.05) is 0 Å². The zero-order chi connectivity index (χ0) is 13.8. The molecule has 2 atom stereocenters. The second-order valence-electron chi connectivity index (χ2n) is 5.85. The van der Waals surface area contributed by atoms with E-state index in [0.717, 1.165) is 5.56 Å². The Bertz CT molecular complexity index is 603. The van der Waals surface area contributed by atoms with Crippen molar-refractivity contribution < 1.29 is 9.59 Å². The normalized spacial score (nSPS) is 27.1. The Morgan fingerprint density at radius 1 is 1.26 bits per heavy atom. The summed E-state index contributed by atoms with van der Waals surface area (Å²) in [5.41, 5.74) is 1.20. The molecule has 2 amide bonds. The lowest BCUT2D eigenvalue weighted by Gasteiger charge is -2.20. The van der Waals surface area contributed by atoms with Gasteiger partial charge in [0.15, 0.2) is 0 Å². The van der Waals surface area contributed by atoms with E-state index in [0.29, 0.717) is 5.56 Å². The van der Waals surface area contributed by atoms with Gasteiger partial charge in [-0.15, -0.1) is 0 Å². The van der Waals surface area contributed by atoms with Crippen molar-refractivity contribution in [3.8, 4) is 6.07 Å². The minimum absolute atomic E-state index is 0.0673. The summed E-state index contributed by atoms with van der Waals surface area (Å²) in [6, 6.07) is 9.08. The van der Waals surface area contributed by atoms with Crippen molar-refractivity contribution in [1.29, 1.82) is 5.26 Å². The third-order valence-electron chi connectivity index (χ3n) is 4.29. The molecule has 1 aromatic rings. The van der Waals surface area contributed by atoms with E-state index >= 15 is 0 Å². The molecular weight excluding hydrogens is 240 g/mol. The standard InChI is InChI=1S/C15H14N2O2/c1-15(2)11-12(15)14(19)17(13(11)18)8-10-5-3-4-9(6-10)7-16/h3-6,11-12H,8H2,1-2H3. The molecule has 2 fully saturated rings. The monoisotopic (exact) mass is 254 g/mol. The van der Waals surface area contributed by atoms with Gasteiger partial charge >= 0.3 is 0 Å². The molecule has 1 saturated heterocycles. The molecule has 3 rings (SSSR count). The van der Waals surface area contributed by atoms with Crippen LogP contribution in [0, 0.1) is 28.6 Å². The van der Waals surface area contributed by atoms with E-state index in [-0.39, 0.29) is 35.6 Å². The second kappa shape index (κ2) is 3.67. The van der Waals surface area contributed by atoms with Crippen molar-refractivity contribution in [2.45, 2.75) is 20.4 Å². The first-order chi connectivity index (χ1) is 8.96. The van der Waals surface area contributed by atoms with E-state index < -0.39 is 0 Å². The van der Waals surface area contributed by atoms with Crippen LogP contribution in [0.5, 0.6) is 0 Å². The van der Waals surface area contributed by atoms with Crippen LogP contribution >= 0.6 is 0 Å². The highest BCUT2D eigenvalue weighted by molar-refractivity contribution is 6.10. The minimum atomic E-state index is -0.167. The molecule has 0 spiro atoms. The zero-order valence-electron chi connectivity index (χ0n) is 10.9. The summed E-state index contributed by atoms with van der Waals surface area (Å²) in [6.07, 6.45) is 0. The van der Waals surface area contributed by atoms with Crippen LogP contribution < -0.4 is 0 Å². The lowest BCUT2D eigenvalue weighted by Crippen LogP contribution is -2.35. The molecule has 1 aliphatic carbocycles. The van der Waals surface area contributed by atoms with E-state index in [1.807, 2.05) is 19.9 Å². The van der Waals surface area contributed by atoms with E-state index in [2.05, 4.69) is 6.07 Å². The Morgan fingerprint density at radius 3 is 2.47 bits per heavy atom. The van der Waals surface area contributed by atoms with E-state index in [4.69, 9.17) is 5.26 Å². The molecule has 4 nitrogen and oxygen atoms in total. The van der Waals surface area contributed by atoms with Gasteiger partial charge in [-0.1, -0.05) is 26.0 Å². The van der Waals surface area contributed by atoms with Crippen LogP contribution in [0.15, 0.2) is 24.3 Å². The Morgan fingerprint density at radius 2 is 1.89 bits per heavy atom. The van der Waals surface area contributed by atoms with Crippen molar-refractivity contribution in [3.63, 3.8) is 0 Å². The van der Waals surface area contributed by atoms with Gasteiger partial charge in [-0.25, -0.2) is 0 Å². The Labute approximate surface area is 111 Å². The van der Waals surface area contributed by atoms with Gasteiger partial charge in [-0.3, -0.25) is 14.5 Å². The first-order valence-electron chi connectivity index (χ1n) is 6.31. The number of hydrogen-bond donors (Lipinski definition) is 0. The summed E-state index contributed by atoms with van der Waals surface area (Å²) in [5, 5.41) is 8.85. The van der Waals surface area contributed by atoms with Crippen LogP contribution in [0.25, 0.3) is 0 Å². The quantitative estimate of drug-likeness (QED) is 0.755. The maximum absolute atomic E-state index is 12.2. The maximum atomic E-state index is 12.2. The highest BCUT2D eigenvalue weighted by Gasteiger charge is 2.72. The van der Waals surface area contributed by atoms with Gasteiger partial charge in [0, 0.05) is 0 Å². The topological polar surface area (TPSA) is 61.2 Å². The molecule has 2 unspecified atom stereocenters. The molecule has 0 aromatic heterocycles. The smallest absolute Gasteiger partial charge is 0.233 e. The molecule has 0 bridgehead atoms. The number of fused-ring (bicyclic) bond motifs is 1. The number of nitrogens with zero attached hydrogens (tertiary/aromatic N) is 2. The van der Waals surface area contributed by atoms with E-state index in [9.17, 15) is 9.59 Å². The average molecular weight is 254 g/mol. The average Bonchev–Trinajstić information content (AvgIpc) is 2.86. The largest absolute Gasteiger partial charge is 0.278 e. The number of imide groups is 1. The van der Waals surface area contributed by atoms with Crippen LogP contribution in [-0.4, -0.2) is 16.7 Å². The van der Waals surface area contributed by atoms with Crippen molar-refractivity contribution in [1.82, 2.24) is 4.90 Å². The number of likely N-dealkylation sites (tertiary alicyclic amines) is 1. The fraction of sp³-hybridized carbons (Fsp3) is 0.400. The van der Waals surface area contributed by atoms with Crippen LogP contribution in [0.4, 0.5) is 0 Å². The molecule has 96 valence electrons. The summed E-state index contributed by atoms with van der Waals surface area (Å²) in [7, 11) is 0. The summed E-state index contributed by atoms with van der Waals surface area (Å²) in [6.45, 7) is 4.20. The number of amides is 2. The first-order valence-corrected chi connectivity index (χ1v) is 6.31. The number of piperidine rings is 1. The minimum Gasteiger partial charge on any atom is -0.278 e. The Balaban J connectivity index is 1.81. The van der Waals surface area contributed by atoms with Crippen LogP contribution in [0.1, 0.15) is 25.0 Å². The van der Waals surface area contributed by atoms with E-state index in [1.54, 1.807) is 18.2 Å². The molecule has 19 heavy (non-hydrogen) atoms. The summed E-state index contributed by atoms with van der Waals surface area (Å²) in [5.74, 6) is -0.414. The van der Waals surface area contributed by atoms with Gasteiger partial charge in [0.05, 0.1) is 30.0 Å². The van der Waals surface area contributed by atoms with E-state index in [1.165, 1.54) is 4.90 Å². The van der Waals surface area contributed by atoms with Crippen LogP contribution in [0.3, 0.4) is 0 Å². The fourth-order valence-corrected chi connectivity index (χ4v) is 3.08. The molecule has 0 radical (unpaired) electrons. The Kier molecular flexibility index (Phi) is 2.30. The van der Waals surface area contributed by atoms with Crippen molar-refractivity contribution >= 4 is 11.8 Å². The number of hydrogen-bond acceptors (Lipinski definition) is 3. The Hall–Kier alpha value is -2.15. The first kappa shape index (κ1) is 11.9. The van der Waals surface area contributed by atoms with Gasteiger partial charge in [0.1, 0.15) is 0 Å². The summed E-state index contributed by atoms with van der Waals surface area (Å²) >= 11 is 0. The third-order valence-corrected chi connectivity index (χ3v) is 4.29. The van der Waals surface area contributed by atoms with Crippen LogP contribution in [-0.2, 0) is 16.1 Å². The molecule has 2 aliphatic rings. The third kappa shape index (κ3) is 1.58. The molecule has 1 saturated carbocycles. The highest BCUT2D eigenvalue weighted by Crippen LogP contribution is 2.63. The van der Waals surface area contributed by atoms with Gasteiger partial charge in [-0.05, 0) is 23.1 Å². The molecule has 0 N–H and O–H groups in total. The van der Waals surface area contributed by atoms with Gasteiger partial charge in [-0.2, -0.15) is 5.26 Å². The number of carbonyl (C=O) groups is 2. The van der Waals surface area contributed by atoms with Crippen molar-refractivity contribution in [2.24, 2.45) is 17.3 Å². The van der Waals surface area contributed by atoms with Gasteiger partial charge in [0.25, 0.3) is 0 Å². The SMILES string of the molecule is CC1(C)C2C(=O)N(Cc3cccc(C#N)c3)C(=O)C21. The molecule has 1 aliphatic heterocycles. The number of nitriles is 1. The lowest BCUT2D eigenvalue weighted by molar-refractivity contribution is -0.143. The van der Waals surface area contributed by atoms with Crippen molar-refractivity contribution in [3.05, 3.63) is 35.4 Å². The zero-order valence-corrected chi connectivity index (χ0v) is 10.9. The summed E-state index contributed by atoms with van der Waals surface area (Å²) < 4.78 is 0. The molecular formula is C15H14N2O2. The number of carbonyl (C=O) groups excluding carboxylic acids is 2. The van der Waals surface area contributed by atoms with Gasteiger partial charge < -0.3 is 0 Å². The maximum Gasteiger partial charge on any atom is 0.233 e. The number of benzene rings is 1. The molecule has 1 heterocycles. The molecule has 4 heteroatoms. The summed E-state index contributed by atoms with van der Waals surface area (Å²) in [4.78, 5) is 25.7. The molecule has 1 aromatic carbocycles. The predicted octanol–water partition coefficient (Wildman–Crippen LogP) is 1.70. The highest BCUT2D eigenvalue weighted by atomic mass is 16.2.